The van der Waals surface area contributed by atoms with Gasteiger partial charge in [-0.3, -0.25) is 4.98 Å². The molecule has 2 rings (SSSR count). The van der Waals surface area contributed by atoms with Crippen molar-refractivity contribution in [3.8, 4) is 5.75 Å². The highest BCUT2D eigenvalue weighted by Gasteiger charge is 2.13. The van der Waals surface area contributed by atoms with Crippen LogP contribution in [-0.4, -0.2) is 17.2 Å². The Kier molecular flexibility index (Phi) is 4.40. The van der Waals surface area contributed by atoms with Crippen LogP contribution in [0.3, 0.4) is 0 Å². The molecule has 4 heteroatoms. The Morgan fingerprint density at radius 3 is 2.74 bits per heavy atom. The van der Waals surface area contributed by atoms with E-state index in [0.717, 1.165) is 16.9 Å². The molecule has 3 nitrogen and oxygen atoms in total. The number of nitrogens with zero attached hydrogens (tertiary/aromatic N) is 1. The van der Waals surface area contributed by atoms with Crippen LogP contribution in [0, 0.1) is 6.92 Å². The van der Waals surface area contributed by atoms with Crippen LogP contribution in [-0.2, 0) is 6.42 Å². The van der Waals surface area contributed by atoms with Gasteiger partial charge >= 0.3 is 0 Å². The molecule has 100 valence electrons. The van der Waals surface area contributed by atoms with Crippen molar-refractivity contribution in [2.45, 2.75) is 19.4 Å². The van der Waals surface area contributed by atoms with E-state index in [-0.39, 0.29) is 0 Å². The summed E-state index contributed by atoms with van der Waals surface area (Å²) in [5.41, 5.74) is 2.58. The largest absolute Gasteiger partial charge is 0.496 e. The lowest BCUT2D eigenvalue weighted by Crippen LogP contribution is -2.05. The van der Waals surface area contributed by atoms with Crippen molar-refractivity contribution in [1.29, 1.82) is 0 Å². The van der Waals surface area contributed by atoms with Crippen molar-refractivity contribution in [3.63, 3.8) is 0 Å². The van der Waals surface area contributed by atoms with E-state index < -0.39 is 6.10 Å². The smallest absolute Gasteiger partial charge is 0.122 e. The summed E-state index contributed by atoms with van der Waals surface area (Å²) in [4.78, 5) is 4.23. The van der Waals surface area contributed by atoms with Gasteiger partial charge in [-0.1, -0.05) is 17.7 Å². The molecule has 0 aliphatic carbocycles. The van der Waals surface area contributed by atoms with Crippen molar-refractivity contribution in [1.82, 2.24) is 4.98 Å². The van der Waals surface area contributed by atoms with Gasteiger partial charge in [0, 0.05) is 17.6 Å². The van der Waals surface area contributed by atoms with Gasteiger partial charge in [-0.05, 0) is 42.3 Å². The van der Waals surface area contributed by atoms with E-state index in [1.165, 1.54) is 0 Å². The molecule has 0 aliphatic heterocycles. The summed E-state index contributed by atoms with van der Waals surface area (Å²) in [6.07, 6.45) is 1.49. The summed E-state index contributed by atoms with van der Waals surface area (Å²) in [7, 11) is 1.60. The third kappa shape index (κ3) is 3.46. The molecule has 1 unspecified atom stereocenters. The molecule has 0 amide bonds. The fourth-order valence-electron chi connectivity index (χ4n) is 1.90. The van der Waals surface area contributed by atoms with Gasteiger partial charge in [-0.25, -0.2) is 0 Å². The summed E-state index contributed by atoms with van der Waals surface area (Å²) in [6.45, 7) is 1.96. The number of methoxy groups -OCH3 is 1. The van der Waals surface area contributed by atoms with Crippen molar-refractivity contribution in [2.24, 2.45) is 0 Å². The SMILES string of the molecule is COc1ccc(Cl)cc1CC(O)c1ccc(C)cn1. The van der Waals surface area contributed by atoms with E-state index in [4.69, 9.17) is 16.3 Å². The van der Waals surface area contributed by atoms with Gasteiger partial charge in [0.2, 0.25) is 0 Å². The van der Waals surface area contributed by atoms with Crippen molar-refractivity contribution in [3.05, 3.63) is 58.4 Å². The lowest BCUT2D eigenvalue weighted by atomic mass is 10.0. The number of pyridine rings is 1. The summed E-state index contributed by atoms with van der Waals surface area (Å²) < 4.78 is 5.27. The third-order valence-electron chi connectivity index (χ3n) is 2.93. The molecule has 0 aliphatic rings. The number of benzene rings is 1. The number of ether oxygens (including phenoxy) is 1. The number of hydrogen-bond acceptors (Lipinski definition) is 3. The van der Waals surface area contributed by atoms with Crippen molar-refractivity contribution >= 4 is 11.6 Å². The van der Waals surface area contributed by atoms with E-state index in [1.807, 2.05) is 19.1 Å². The second kappa shape index (κ2) is 6.04. The molecule has 0 bridgehead atoms. The average molecular weight is 278 g/mol. The maximum absolute atomic E-state index is 10.2. The number of hydrogen-bond donors (Lipinski definition) is 1. The first kappa shape index (κ1) is 13.8. The first-order valence-electron chi connectivity index (χ1n) is 6.03. The molecule has 0 radical (unpaired) electrons. The summed E-state index contributed by atoms with van der Waals surface area (Å²) in [6, 6.07) is 9.13. The van der Waals surface area contributed by atoms with Crippen LogP contribution >= 0.6 is 11.6 Å². The Morgan fingerprint density at radius 1 is 1.32 bits per heavy atom. The Bertz CT molecular complexity index is 555. The van der Waals surface area contributed by atoms with Crippen LogP contribution < -0.4 is 4.74 Å². The molecule has 1 atom stereocenters. The van der Waals surface area contributed by atoms with Gasteiger partial charge in [0.25, 0.3) is 0 Å². The molecule has 0 saturated carbocycles. The molecule has 1 aromatic carbocycles. The first-order chi connectivity index (χ1) is 9.10. The average Bonchev–Trinajstić information content (AvgIpc) is 2.39. The number of aliphatic hydroxyl groups is 1. The fraction of sp³-hybridized carbons (Fsp3) is 0.267. The minimum Gasteiger partial charge on any atom is -0.496 e. The second-order valence-electron chi connectivity index (χ2n) is 4.44. The van der Waals surface area contributed by atoms with E-state index >= 15 is 0 Å². The van der Waals surface area contributed by atoms with E-state index in [2.05, 4.69) is 4.98 Å². The Labute approximate surface area is 117 Å². The summed E-state index contributed by atoms with van der Waals surface area (Å²) in [5, 5.41) is 10.8. The van der Waals surface area contributed by atoms with Gasteiger partial charge < -0.3 is 9.84 Å². The Morgan fingerprint density at radius 2 is 2.11 bits per heavy atom. The maximum atomic E-state index is 10.2. The van der Waals surface area contributed by atoms with Crippen LogP contribution in [0.1, 0.15) is 22.9 Å². The predicted molar refractivity (Wildman–Crippen MR) is 75.6 cm³/mol. The molecular weight excluding hydrogens is 262 g/mol. The van der Waals surface area contributed by atoms with Crippen LogP contribution in [0.5, 0.6) is 5.75 Å². The molecule has 1 N–H and O–H groups in total. The lowest BCUT2D eigenvalue weighted by Gasteiger charge is -2.13. The number of halogens is 1. The van der Waals surface area contributed by atoms with Crippen LogP contribution in [0.15, 0.2) is 36.5 Å². The normalized spacial score (nSPS) is 12.2. The van der Waals surface area contributed by atoms with Gasteiger partial charge in [0.1, 0.15) is 11.9 Å². The zero-order valence-corrected chi connectivity index (χ0v) is 11.7. The van der Waals surface area contributed by atoms with Crippen molar-refractivity contribution in [2.75, 3.05) is 7.11 Å². The topological polar surface area (TPSA) is 42.4 Å². The molecule has 0 spiro atoms. The van der Waals surface area contributed by atoms with E-state index in [1.54, 1.807) is 31.5 Å². The van der Waals surface area contributed by atoms with E-state index in [0.29, 0.717) is 17.1 Å². The first-order valence-corrected chi connectivity index (χ1v) is 6.41. The predicted octanol–water partition coefficient (Wildman–Crippen LogP) is 3.33. The van der Waals surface area contributed by atoms with Gasteiger partial charge in [0.15, 0.2) is 0 Å². The maximum Gasteiger partial charge on any atom is 0.122 e. The minimum absolute atomic E-state index is 0.416. The van der Waals surface area contributed by atoms with Crippen LogP contribution in [0.4, 0.5) is 0 Å². The zero-order chi connectivity index (χ0) is 13.8. The molecule has 0 fully saturated rings. The van der Waals surface area contributed by atoms with Gasteiger partial charge in [-0.15, -0.1) is 0 Å². The zero-order valence-electron chi connectivity index (χ0n) is 10.9. The Balaban J connectivity index is 2.20. The van der Waals surface area contributed by atoms with E-state index in [9.17, 15) is 5.11 Å². The van der Waals surface area contributed by atoms with Gasteiger partial charge in [0.05, 0.1) is 12.8 Å². The minimum atomic E-state index is -0.673. The van der Waals surface area contributed by atoms with Gasteiger partial charge in [-0.2, -0.15) is 0 Å². The third-order valence-corrected chi connectivity index (χ3v) is 3.17. The number of aromatic nitrogens is 1. The van der Waals surface area contributed by atoms with Crippen molar-refractivity contribution < 1.29 is 9.84 Å². The highest BCUT2D eigenvalue weighted by molar-refractivity contribution is 6.30. The lowest BCUT2D eigenvalue weighted by molar-refractivity contribution is 0.172. The Hall–Kier alpha value is -1.58. The summed E-state index contributed by atoms with van der Waals surface area (Å²) >= 11 is 5.97. The molecule has 19 heavy (non-hydrogen) atoms. The highest BCUT2D eigenvalue weighted by Crippen LogP contribution is 2.27. The number of rotatable bonds is 4. The molecular formula is C15H16ClNO2. The monoisotopic (exact) mass is 277 g/mol. The highest BCUT2D eigenvalue weighted by atomic mass is 35.5. The van der Waals surface area contributed by atoms with Crippen LogP contribution in [0.25, 0.3) is 0 Å². The summed E-state index contributed by atoms with van der Waals surface area (Å²) in [5.74, 6) is 0.718. The fourth-order valence-corrected chi connectivity index (χ4v) is 2.09. The number of aliphatic hydroxyl groups excluding tert-OH is 1. The molecule has 2 aromatic rings. The number of aryl methyl sites for hydroxylation is 1. The molecule has 0 saturated heterocycles. The molecule has 1 aromatic heterocycles. The standard InChI is InChI=1S/C15H16ClNO2/c1-10-3-5-13(17-9-10)14(18)8-11-7-12(16)4-6-15(11)19-2/h3-7,9,14,18H,8H2,1-2H3. The molecule has 1 heterocycles. The quantitative estimate of drug-likeness (QED) is 0.932. The van der Waals surface area contributed by atoms with Crippen LogP contribution in [0.2, 0.25) is 5.02 Å². The second-order valence-corrected chi connectivity index (χ2v) is 4.87.